The molecule has 1 rings (SSSR count). The Hall–Kier alpha value is -0.220. The molecule has 0 bridgehead atoms. The lowest BCUT2D eigenvalue weighted by atomic mass is 10.3. The molecule has 0 saturated carbocycles. The summed E-state index contributed by atoms with van der Waals surface area (Å²) in [4.78, 5) is 4.51. The van der Waals surface area contributed by atoms with Crippen LogP contribution in [0.4, 0.5) is 0 Å². The fraction of sp³-hybridized carbons (Fsp3) is 0.900. The van der Waals surface area contributed by atoms with Crippen molar-refractivity contribution in [3.63, 3.8) is 0 Å². The van der Waals surface area contributed by atoms with Crippen LogP contribution in [-0.4, -0.2) is 37.2 Å². The molecule has 0 aliphatic carbocycles. The molecular formula is C10H20N2OS. The predicted molar refractivity (Wildman–Crippen MR) is 63.1 cm³/mol. The van der Waals surface area contributed by atoms with Gasteiger partial charge in [0, 0.05) is 32.1 Å². The van der Waals surface area contributed by atoms with E-state index in [4.69, 9.17) is 4.74 Å². The monoisotopic (exact) mass is 216 g/mol. The molecule has 1 fully saturated rings. The second-order valence-electron chi connectivity index (χ2n) is 3.45. The van der Waals surface area contributed by atoms with E-state index in [0.717, 1.165) is 31.2 Å². The molecular weight excluding hydrogens is 196 g/mol. The maximum Gasteiger partial charge on any atom is 0.156 e. The van der Waals surface area contributed by atoms with Gasteiger partial charge in [-0.25, -0.2) is 0 Å². The Bertz CT molecular complexity index is 185. The number of thioether (sulfide) groups is 1. The number of hydrogen-bond acceptors (Lipinski definition) is 3. The average molecular weight is 216 g/mol. The zero-order chi connectivity index (χ0) is 10.2. The second-order valence-corrected chi connectivity index (χ2v) is 4.46. The summed E-state index contributed by atoms with van der Waals surface area (Å²) < 4.78 is 4.98. The molecule has 0 aromatic heterocycles. The SMILES string of the molecule is CCC1CSC(=NCCCCOC)N1. The Morgan fingerprint density at radius 1 is 1.57 bits per heavy atom. The van der Waals surface area contributed by atoms with Crippen molar-refractivity contribution >= 4 is 16.9 Å². The molecule has 0 spiro atoms. The van der Waals surface area contributed by atoms with Crippen LogP contribution in [0.1, 0.15) is 26.2 Å². The van der Waals surface area contributed by atoms with Crippen LogP contribution in [0.2, 0.25) is 0 Å². The van der Waals surface area contributed by atoms with Gasteiger partial charge in [0.25, 0.3) is 0 Å². The molecule has 82 valence electrons. The molecule has 1 heterocycles. The van der Waals surface area contributed by atoms with Gasteiger partial charge in [0.1, 0.15) is 0 Å². The van der Waals surface area contributed by atoms with Crippen molar-refractivity contribution in [2.75, 3.05) is 26.0 Å². The fourth-order valence-electron chi connectivity index (χ4n) is 1.29. The van der Waals surface area contributed by atoms with Crippen LogP contribution in [0.5, 0.6) is 0 Å². The molecule has 1 unspecified atom stereocenters. The van der Waals surface area contributed by atoms with Crippen LogP contribution >= 0.6 is 11.8 Å². The molecule has 0 amide bonds. The largest absolute Gasteiger partial charge is 0.385 e. The summed E-state index contributed by atoms with van der Waals surface area (Å²) in [6.45, 7) is 3.98. The van der Waals surface area contributed by atoms with Gasteiger partial charge in [0.2, 0.25) is 0 Å². The zero-order valence-electron chi connectivity index (χ0n) is 9.08. The number of nitrogens with one attached hydrogen (secondary N) is 1. The number of amidine groups is 1. The van der Waals surface area contributed by atoms with Gasteiger partial charge in [-0.1, -0.05) is 18.7 Å². The van der Waals surface area contributed by atoms with E-state index in [2.05, 4.69) is 17.2 Å². The van der Waals surface area contributed by atoms with Gasteiger partial charge >= 0.3 is 0 Å². The number of ether oxygens (including phenoxy) is 1. The van der Waals surface area contributed by atoms with Crippen LogP contribution in [0.15, 0.2) is 4.99 Å². The van der Waals surface area contributed by atoms with Gasteiger partial charge in [0.15, 0.2) is 5.17 Å². The highest BCUT2D eigenvalue weighted by atomic mass is 32.2. The first-order chi connectivity index (χ1) is 6.86. The number of aliphatic imine (C=N–C) groups is 1. The summed E-state index contributed by atoms with van der Waals surface area (Å²) in [5, 5.41) is 4.55. The highest BCUT2D eigenvalue weighted by Crippen LogP contribution is 2.15. The highest BCUT2D eigenvalue weighted by molar-refractivity contribution is 8.14. The lowest BCUT2D eigenvalue weighted by molar-refractivity contribution is 0.193. The summed E-state index contributed by atoms with van der Waals surface area (Å²) >= 11 is 1.85. The summed E-state index contributed by atoms with van der Waals surface area (Å²) in [6, 6.07) is 0.637. The highest BCUT2D eigenvalue weighted by Gasteiger charge is 2.17. The van der Waals surface area contributed by atoms with Crippen LogP contribution in [-0.2, 0) is 4.74 Å². The van der Waals surface area contributed by atoms with E-state index >= 15 is 0 Å². The number of rotatable bonds is 6. The van der Waals surface area contributed by atoms with Gasteiger partial charge in [-0.2, -0.15) is 0 Å². The first-order valence-electron chi connectivity index (χ1n) is 5.29. The maximum atomic E-state index is 4.98. The van der Waals surface area contributed by atoms with Gasteiger partial charge in [-0.05, 0) is 19.3 Å². The first-order valence-corrected chi connectivity index (χ1v) is 6.28. The number of methoxy groups -OCH3 is 1. The van der Waals surface area contributed by atoms with E-state index in [-0.39, 0.29) is 0 Å². The molecule has 0 aromatic carbocycles. The second kappa shape index (κ2) is 7.12. The van der Waals surface area contributed by atoms with Crippen molar-refractivity contribution < 1.29 is 4.74 Å². The Balaban J connectivity index is 2.07. The predicted octanol–water partition coefficient (Wildman–Crippen LogP) is 1.88. The van der Waals surface area contributed by atoms with Crippen LogP contribution in [0, 0.1) is 0 Å². The van der Waals surface area contributed by atoms with Crippen molar-refractivity contribution in [2.45, 2.75) is 32.2 Å². The van der Waals surface area contributed by atoms with Crippen molar-refractivity contribution in [1.82, 2.24) is 5.32 Å². The van der Waals surface area contributed by atoms with E-state index in [1.165, 1.54) is 12.2 Å². The van der Waals surface area contributed by atoms with Crippen molar-refractivity contribution in [3.05, 3.63) is 0 Å². The smallest absolute Gasteiger partial charge is 0.156 e. The lowest BCUT2D eigenvalue weighted by Crippen LogP contribution is -2.25. The van der Waals surface area contributed by atoms with E-state index in [0.29, 0.717) is 6.04 Å². The van der Waals surface area contributed by atoms with Crippen LogP contribution in [0.25, 0.3) is 0 Å². The summed E-state index contributed by atoms with van der Waals surface area (Å²) in [6.07, 6.45) is 3.42. The lowest BCUT2D eigenvalue weighted by Gasteiger charge is -2.04. The Kier molecular flexibility index (Phi) is 6.03. The molecule has 1 aliphatic heterocycles. The van der Waals surface area contributed by atoms with Crippen molar-refractivity contribution in [3.8, 4) is 0 Å². The zero-order valence-corrected chi connectivity index (χ0v) is 9.90. The molecule has 0 radical (unpaired) electrons. The third kappa shape index (κ3) is 4.33. The normalized spacial score (nSPS) is 24.1. The number of hydrogen-bond donors (Lipinski definition) is 1. The van der Waals surface area contributed by atoms with E-state index in [9.17, 15) is 0 Å². The molecule has 14 heavy (non-hydrogen) atoms. The Labute approximate surface area is 90.7 Å². The average Bonchev–Trinajstić information content (AvgIpc) is 2.65. The standard InChI is InChI=1S/C10H20N2OS/c1-3-9-8-14-10(12-9)11-6-4-5-7-13-2/h9H,3-8H2,1-2H3,(H,11,12). The molecule has 1 N–H and O–H groups in total. The quantitative estimate of drug-likeness (QED) is 0.688. The molecule has 1 aliphatic rings. The van der Waals surface area contributed by atoms with Gasteiger partial charge in [-0.3, -0.25) is 4.99 Å². The van der Waals surface area contributed by atoms with Crippen molar-refractivity contribution in [1.29, 1.82) is 0 Å². The fourth-order valence-corrected chi connectivity index (χ4v) is 2.40. The topological polar surface area (TPSA) is 33.6 Å². The van der Waals surface area contributed by atoms with Crippen LogP contribution in [0.3, 0.4) is 0 Å². The third-order valence-electron chi connectivity index (χ3n) is 2.25. The maximum absolute atomic E-state index is 4.98. The van der Waals surface area contributed by atoms with Crippen molar-refractivity contribution in [2.24, 2.45) is 4.99 Å². The van der Waals surface area contributed by atoms with Gasteiger partial charge in [-0.15, -0.1) is 0 Å². The molecule has 0 aromatic rings. The molecule has 1 saturated heterocycles. The molecule has 3 nitrogen and oxygen atoms in total. The van der Waals surface area contributed by atoms with Gasteiger partial charge < -0.3 is 10.1 Å². The van der Waals surface area contributed by atoms with E-state index < -0.39 is 0 Å². The number of unbranched alkanes of at least 4 members (excludes halogenated alkanes) is 1. The molecule has 1 atom stereocenters. The van der Waals surface area contributed by atoms with Gasteiger partial charge in [0.05, 0.1) is 0 Å². The third-order valence-corrected chi connectivity index (χ3v) is 3.34. The number of nitrogens with zero attached hydrogens (tertiary/aromatic N) is 1. The summed E-state index contributed by atoms with van der Waals surface area (Å²) in [7, 11) is 1.74. The summed E-state index contributed by atoms with van der Waals surface area (Å²) in [5.41, 5.74) is 0. The van der Waals surface area contributed by atoms with E-state index in [1.54, 1.807) is 7.11 Å². The Morgan fingerprint density at radius 2 is 2.43 bits per heavy atom. The first kappa shape index (κ1) is 11.9. The molecule has 4 heteroatoms. The minimum atomic E-state index is 0.637. The van der Waals surface area contributed by atoms with E-state index in [1.807, 2.05) is 11.8 Å². The minimum absolute atomic E-state index is 0.637. The van der Waals surface area contributed by atoms with Crippen LogP contribution < -0.4 is 5.32 Å². The summed E-state index contributed by atoms with van der Waals surface area (Å²) in [5.74, 6) is 1.17. The Morgan fingerprint density at radius 3 is 3.07 bits per heavy atom. The minimum Gasteiger partial charge on any atom is -0.385 e.